The molecule has 2 aromatic heterocycles. The van der Waals surface area contributed by atoms with Crippen molar-refractivity contribution >= 4 is 11.2 Å². The van der Waals surface area contributed by atoms with E-state index in [1.807, 2.05) is 0 Å². The molecule has 0 aliphatic heterocycles. The first-order valence-corrected chi connectivity index (χ1v) is 6.66. The molecule has 21 heavy (non-hydrogen) atoms. The largest absolute Gasteiger partial charge is 0.393 e. The topological polar surface area (TPSA) is 82.0 Å². The van der Waals surface area contributed by atoms with Gasteiger partial charge in [0.15, 0.2) is 11.2 Å². The van der Waals surface area contributed by atoms with Crippen molar-refractivity contribution in [1.82, 2.24) is 18.7 Å². The van der Waals surface area contributed by atoms with Crippen molar-refractivity contribution in [3.8, 4) is 0 Å². The van der Waals surface area contributed by atoms with Crippen molar-refractivity contribution in [1.29, 1.82) is 0 Å². The van der Waals surface area contributed by atoms with E-state index in [1.165, 1.54) is 20.9 Å². The van der Waals surface area contributed by atoms with Crippen LogP contribution in [0.4, 0.5) is 0 Å². The minimum absolute atomic E-state index is 0.0100. The van der Waals surface area contributed by atoms with Crippen LogP contribution >= 0.6 is 0 Å². The molecule has 2 aromatic rings. The first kappa shape index (κ1) is 9.94. The van der Waals surface area contributed by atoms with Gasteiger partial charge in [-0.25, -0.2) is 9.78 Å². The molecule has 0 bridgehead atoms. The van der Waals surface area contributed by atoms with Gasteiger partial charge in [0.1, 0.15) is 5.82 Å². The molecule has 0 aromatic carbocycles. The molecule has 1 N–H and O–H groups in total. The van der Waals surface area contributed by atoms with Gasteiger partial charge in [-0.3, -0.25) is 13.9 Å². The van der Waals surface area contributed by atoms with E-state index in [0.717, 1.165) is 13.7 Å². The molecular formula is C14H22N4O3. The monoisotopic (exact) mass is 299 g/mol. The summed E-state index contributed by atoms with van der Waals surface area (Å²) in [5.74, 6) is 0.0929. The average Bonchev–Trinajstić information content (AvgIpc) is 2.86. The van der Waals surface area contributed by atoms with Crippen molar-refractivity contribution in [2.75, 3.05) is 0 Å². The van der Waals surface area contributed by atoms with Crippen LogP contribution in [0.15, 0.2) is 9.59 Å². The lowest BCUT2D eigenvalue weighted by atomic mass is 10.2. The zero-order valence-corrected chi connectivity index (χ0v) is 12.3. The van der Waals surface area contributed by atoms with Crippen LogP contribution in [-0.4, -0.2) is 29.9 Å². The van der Waals surface area contributed by atoms with E-state index in [1.54, 1.807) is 0 Å². The summed E-state index contributed by atoms with van der Waals surface area (Å²) in [6, 6.07) is 0. The van der Waals surface area contributed by atoms with Gasteiger partial charge in [0.05, 0.1) is 6.10 Å². The van der Waals surface area contributed by atoms with E-state index in [2.05, 4.69) is 4.98 Å². The van der Waals surface area contributed by atoms with Crippen molar-refractivity contribution in [3.63, 3.8) is 0 Å². The highest BCUT2D eigenvalue weighted by Gasteiger charge is 2.16. The summed E-state index contributed by atoms with van der Waals surface area (Å²) in [5, 5.41) is 9.42. The van der Waals surface area contributed by atoms with Crippen LogP contribution in [0.3, 0.4) is 0 Å². The third kappa shape index (κ3) is 2.78. The lowest BCUT2D eigenvalue weighted by molar-refractivity contribution is 0.180. The highest BCUT2D eigenvalue weighted by atomic mass is 16.3. The molecule has 7 nitrogen and oxygen atoms in total. The Labute approximate surface area is 129 Å². The average molecular weight is 299 g/mol. The van der Waals surface area contributed by atoms with Crippen LogP contribution in [0.1, 0.15) is 38.8 Å². The highest BCUT2D eigenvalue weighted by molar-refractivity contribution is 5.70. The van der Waals surface area contributed by atoms with Crippen LogP contribution in [0.25, 0.3) is 11.2 Å². The van der Waals surface area contributed by atoms with E-state index in [0.29, 0.717) is 0 Å². The van der Waals surface area contributed by atoms with Gasteiger partial charge in [0, 0.05) is 27.4 Å². The van der Waals surface area contributed by atoms with Gasteiger partial charge >= 0.3 is 5.69 Å². The first-order chi connectivity index (χ1) is 11.8. The molecule has 0 saturated heterocycles. The number of hydrogen-bond acceptors (Lipinski definition) is 4. The van der Waals surface area contributed by atoms with Crippen LogP contribution < -0.4 is 11.2 Å². The number of fused-ring (bicyclic) bond motifs is 1. The summed E-state index contributed by atoms with van der Waals surface area (Å²) >= 11 is 0. The molecule has 0 saturated carbocycles. The molecule has 0 spiro atoms. The van der Waals surface area contributed by atoms with E-state index in [-0.39, 0.29) is 36.4 Å². The Kier molecular flexibility index (Phi) is 2.77. The van der Waals surface area contributed by atoms with Gasteiger partial charge in [0.25, 0.3) is 5.56 Å². The number of rotatable bonds is 5. The fourth-order valence-corrected chi connectivity index (χ4v) is 2.17. The molecule has 0 amide bonds. The Hall–Kier alpha value is -1.89. The summed E-state index contributed by atoms with van der Waals surface area (Å²) in [5.41, 5.74) is -1.64. The van der Waals surface area contributed by atoms with Gasteiger partial charge in [-0.05, 0) is 33.1 Å². The van der Waals surface area contributed by atoms with E-state index in [4.69, 9.17) is 6.85 Å². The maximum atomic E-state index is 12.8. The summed E-state index contributed by atoms with van der Waals surface area (Å²) in [6.45, 7) is 0.0443. The van der Waals surface area contributed by atoms with Crippen molar-refractivity contribution in [3.05, 3.63) is 26.7 Å². The lowest BCUT2D eigenvalue weighted by Gasteiger charge is -2.09. The maximum absolute atomic E-state index is 12.8. The number of nitrogens with zero attached hydrogens (tertiary/aromatic N) is 4. The third-order valence-corrected chi connectivity index (χ3v) is 3.31. The van der Waals surface area contributed by atoms with Gasteiger partial charge in [-0.15, -0.1) is 0 Å². The fraction of sp³-hybridized carbons (Fsp3) is 0.643. The standard InChI is InChI=1S/C14H22N4O3/c1-9(19)7-5-6-8-18-13(20)11-12(17(4)14(18)21)15-10(2)16(11)3/h9,19H,5-8H2,1-4H3/i3D3,7D2. The normalized spacial score (nSPS) is 17.8. The number of imidazole rings is 1. The third-order valence-electron chi connectivity index (χ3n) is 3.31. The van der Waals surface area contributed by atoms with E-state index in [9.17, 15) is 14.7 Å². The molecule has 0 radical (unpaired) electrons. The van der Waals surface area contributed by atoms with Crippen molar-refractivity contribution in [2.45, 2.75) is 45.7 Å². The molecule has 0 aliphatic carbocycles. The SMILES string of the molecule is [2H]C([2H])(CCCn1c(=O)c2c(nc(C)n2C([2H])([2H])[2H])n(C)c1=O)C(C)O. The van der Waals surface area contributed by atoms with Gasteiger partial charge in [0.2, 0.25) is 0 Å². The molecule has 116 valence electrons. The Morgan fingerprint density at radius 3 is 2.71 bits per heavy atom. The Bertz CT molecular complexity index is 939. The van der Waals surface area contributed by atoms with E-state index < -0.39 is 30.7 Å². The zero-order chi connectivity index (χ0) is 20.0. The van der Waals surface area contributed by atoms with Gasteiger partial charge < -0.3 is 9.67 Å². The molecule has 1 atom stereocenters. The number of aliphatic hydroxyl groups excluding tert-OH is 1. The van der Waals surface area contributed by atoms with Crippen molar-refractivity contribution < 1.29 is 12.0 Å². The first-order valence-electron chi connectivity index (χ1n) is 9.16. The Morgan fingerprint density at radius 2 is 2.10 bits per heavy atom. The van der Waals surface area contributed by atoms with Gasteiger partial charge in [-0.2, -0.15) is 0 Å². The molecule has 1 unspecified atom stereocenters. The fourth-order valence-electron chi connectivity index (χ4n) is 2.17. The van der Waals surface area contributed by atoms with Crippen LogP contribution in [0.2, 0.25) is 0 Å². The number of aliphatic hydroxyl groups is 1. The highest BCUT2D eigenvalue weighted by Crippen LogP contribution is 2.08. The summed E-state index contributed by atoms with van der Waals surface area (Å²) in [4.78, 5) is 29.3. The Morgan fingerprint density at radius 1 is 1.38 bits per heavy atom. The molecule has 2 heterocycles. The van der Waals surface area contributed by atoms with Crippen LogP contribution in [0, 0.1) is 6.92 Å². The van der Waals surface area contributed by atoms with Crippen molar-refractivity contribution in [2.24, 2.45) is 14.0 Å². The summed E-state index contributed by atoms with van der Waals surface area (Å²) in [6.07, 6.45) is -2.98. The molecule has 7 heteroatoms. The minimum atomic E-state index is -2.63. The lowest BCUT2D eigenvalue weighted by Crippen LogP contribution is -2.39. The zero-order valence-electron chi connectivity index (χ0n) is 17.3. The molecule has 2 rings (SSSR count). The van der Waals surface area contributed by atoms with Crippen LogP contribution in [-0.2, 0) is 20.6 Å². The summed E-state index contributed by atoms with van der Waals surface area (Å²) < 4.78 is 41.1. The number of aromatic nitrogens is 4. The molecular weight excluding hydrogens is 272 g/mol. The Balaban J connectivity index is 2.55. The second-order valence-corrected chi connectivity index (χ2v) is 4.95. The summed E-state index contributed by atoms with van der Waals surface area (Å²) in [7, 11) is 1.39. The second-order valence-electron chi connectivity index (χ2n) is 4.95. The quantitative estimate of drug-likeness (QED) is 0.860. The van der Waals surface area contributed by atoms with Gasteiger partial charge in [-0.1, -0.05) is 0 Å². The second kappa shape index (κ2) is 5.85. The predicted molar refractivity (Wildman–Crippen MR) is 80.5 cm³/mol. The van der Waals surface area contributed by atoms with Crippen LogP contribution in [0.5, 0.6) is 0 Å². The predicted octanol–water partition coefficient (Wildman–Crippen LogP) is 0.293. The molecule has 0 fully saturated rings. The number of hydrogen-bond donors (Lipinski definition) is 1. The minimum Gasteiger partial charge on any atom is -0.393 e. The maximum Gasteiger partial charge on any atom is 0.332 e. The molecule has 0 aliphatic rings. The smallest absolute Gasteiger partial charge is 0.332 e. The number of aryl methyl sites for hydroxylation is 3. The van der Waals surface area contributed by atoms with E-state index >= 15 is 0 Å².